The highest BCUT2D eigenvalue weighted by Gasteiger charge is 2.35. The second-order valence-corrected chi connectivity index (χ2v) is 11.4. The quantitative estimate of drug-likeness (QED) is 0.161. The summed E-state index contributed by atoms with van der Waals surface area (Å²) in [5, 5.41) is 12.0. The molecule has 46 heavy (non-hydrogen) atoms. The van der Waals surface area contributed by atoms with Crippen LogP contribution in [0.15, 0.2) is 89.5 Å². The Morgan fingerprint density at radius 1 is 1.00 bits per heavy atom. The molecule has 0 saturated carbocycles. The van der Waals surface area contributed by atoms with Gasteiger partial charge in [-0.25, -0.2) is 18.2 Å². The predicted molar refractivity (Wildman–Crippen MR) is 173 cm³/mol. The molecule has 0 unspecified atom stereocenters. The van der Waals surface area contributed by atoms with Crippen molar-refractivity contribution in [3.05, 3.63) is 102 Å². The number of hydrogen-bond donors (Lipinski definition) is 3. The fourth-order valence-electron chi connectivity index (χ4n) is 5.70. The second-order valence-electron chi connectivity index (χ2n) is 11.4. The highest BCUT2D eigenvalue weighted by atomic mass is 19.3. The van der Waals surface area contributed by atoms with Crippen molar-refractivity contribution in [3.63, 3.8) is 0 Å². The number of benzene rings is 3. The number of H-pyrrole nitrogens is 1. The van der Waals surface area contributed by atoms with E-state index in [4.69, 9.17) is 10.2 Å². The number of pyridine rings is 1. The van der Waals surface area contributed by atoms with Crippen LogP contribution in [0.1, 0.15) is 24.2 Å². The van der Waals surface area contributed by atoms with E-state index in [1.54, 1.807) is 36.5 Å². The van der Waals surface area contributed by atoms with E-state index in [0.717, 1.165) is 44.1 Å². The monoisotopic (exact) mass is 622 g/mol. The lowest BCUT2D eigenvalue weighted by atomic mass is 9.96. The molecule has 0 spiro atoms. The molecule has 8 nitrogen and oxygen atoms in total. The number of aromatic amines is 1. The van der Waals surface area contributed by atoms with Crippen LogP contribution in [-0.2, 0) is 11.3 Å². The van der Waals surface area contributed by atoms with Gasteiger partial charge in [-0.2, -0.15) is 5.10 Å². The fourth-order valence-corrected chi connectivity index (χ4v) is 5.70. The van der Waals surface area contributed by atoms with E-state index in [-0.39, 0.29) is 44.2 Å². The van der Waals surface area contributed by atoms with Crippen molar-refractivity contribution in [2.75, 3.05) is 23.7 Å². The van der Waals surface area contributed by atoms with Crippen LogP contribution in [0.3, 0.4) is 0 Å². The summed E-state index contributed by atoms with van der Waals surface area (Å²) >= 11 is 0. The third-order valence-corrected chi connectivity index (χ3v) is 8.17. The molecule has 0 bridgehead atoms. The van der Waals surface area contributed by atoms with Gasteiger partial charge in [-0.3, -0.25) is 9.89 Å². The maximum absolute atomic E-state index is 13.8. The average Bonchev–Trinajstić information content (AvgIpc) is 3.67. The zero-order valence-corrected chi connectivity index (χ0v) is 24.6. The Balaban J connectivity index is 1.18. The molecular formula is C35H29F3N6O2. The maximum Gasteiger partial charge on any atom is 0.251 e. The Morgan fingerprint density at radius 3 is 2.54 bits per heavy atom. The van der Waals surface area contributed by atoms with E-state index in [0.29, 0.717) is 23.0 Å². The molecular weight excluding hydrogens is 593 g/mol. The number of halogens is 3. The van der Waals surface area contributed by atoms with Crippen LogP contribution in [-0.4, -0.2) is 40.1 Å². The summed E-state index contributed by atoms with van der Waals surface area (Å²) < 4.78 is 47.5. The molecule has 232 valence electrons. The lowest BCUT2D eigenvalue weighted by molar-refractivity contribution is -0.116. The molecule has 0 atom stereocenters. The molecule has 1 saturated heterocycles. The molecule has 4 heterocycles. The molecule has 1 fully saturated rings. The molecule has 0 aliphatic carbocycles. The van der Waals surface area contributed by atoms with Gasteiger partial charge in [0.15, 0.2) is 5.82 Å². The summed E-state index contributed by atoms with van der Waals surface area (Å²) in [5.41, 5.74) is 11.1. The predicted octanol–water partition coefficient (Wildman–Crippen LogP) is 7.32. The maximum atomic E-state index is 13.8. The molecule has 0 radical (unpaired) electrons. The smallest absolute Gasteiger partial charge is 0.251 e. The molecule has 3 aromatic carbocycles. The minimum Gasteiger partial charge on any atom is -0.459 e. The Hall–Kier alpha value is -5.58. The number of hydrogen-bond acceptors (Lipinski definition) is 6. The third kappa shape index (κ3) is 6.03. The normalized spacial score (nSPS) is 14.8. The number of piperidine rings is 1. The molecule has 4 N–H and O–H groups in total. The number of amides is 1. The number of rotatable bonds is 7. The molecule has 1 aliphatic rings. The second kappa shape index (κ2) is 11.7. The van der Waals surface area contributed by atoms with Crippen LogP contribution in [0.5, 0.6) is 0 Å². The number of nitrogen functional groups attached to an aromatic ring is 1. The van der Waals surface area contributed by atoms with Gasteiger partial charge in [0.05, 0.1) is 12.1 Å². The Morgan fingerprint density at radius 2 is 1.78 bits per heavy atom. The topological polar surface area (TPSA) is 113 Å². The van der Waals surface area contributed by atoms with E-state index in [2.05, 4.69) is 20.5 Å². The third-order valence-electron chi connectivity index (χ3n) is 8.17. The van der Waals surface area contributed by atoms with Gasteiger partial charge in [-0.05, 0) is 82.9 Å². The number of alkyl halides is 2. The van der Waals surface area contributed by atoms with Gasteiger partial charge in [0.2, 0.25) is 5.91 Å². The van der Waals surface area contributed by atoms with Gasteiger partial charge in [0.1, 0.15) is 23.0 Å². The van der Waals surface area contributed by atoms with Crippen LogP contribution in [0.4, 0.5) is 24.8 Å². The first-order valence-electron chi connectivity index (χ1n) is 14.8. The average molecular weight is 623 g/mol. The van der Waals surface area contributed by atoms with E-state index >= 15 is 0 Å². The van der Waals surface area contributed by atoms with Gasteiger partial charge in [-0.1, -0.05) is 18.2 Å². The van der Waals surface area contributed by atoms with E-state index < -0.39 is 5.92 Å². The van der Waals surface area contributed by atoms with Gasteiger partial charge in [-0.15, -0.1) is 0 Å². The molecule has 1 amide bonds. The summed E-state index contributed by atoms with van der Waals surface area (Å²) in [7, 11) is 0. The van der Waals surface area contributed by atoms with Crippen LogP contribution < -0.4 is 16.0 Å². The Labute approximate surface area is 261 Å². The number of anilines is 2. The summed E-state index contributed by atoms with van der Waals surface area (Å²) in [6, 6.07) is 21.4. The molecule has 6 aromatic rings. The van der Waals surface area contributed by atoms with Gasteiger partial charge < -0.3 is 20.4 Å². The van der Waals surface area contributed by atoms with Gasteiger partial charge in [0, 0.05) is 54.5 Å². The summed E-state index contributed by atoms with van der Waals surface area (Å²) in [6.45, 7) is 0.638. The lowest BCUT2D eigenvalue weighted by Gasteiger charge is -2.31. The number of carbonyl (C=O) groups excluding carboxylic acids is 1. The molecule has 11 heteroatoms. The minimum atomic E-state index is -2.64. The number of nitrogens with one attached hydrogen (secondary N) is 2. The van der Waals surface area contributed by atoms with Crippen LogP contribution >= 0.6 is 0 Å². The van der Waals surface area contributed by atoms with Crippen molar-refractivity contribution in [2.45, 2.75) is 25.3 Å². The number of aromatic nitrogens is 3. The van der Waals surface area contributed by atoms with Crippen molar-refractivity contribution in [3.8, 4) is 22.3 Å². The number of nitrogens with two attached hydrogens (primary N) is 1. The van der Waals surface area contributed by atoms with Crippen LogP contribution in [0.25, 0.3) is 50.2 Å². The van der Waals surface area contributed by atoms with Crippen LogP contribution in [0, 0.1) is 5.82 Å². The van der Waals surface area contributed by atoms with E-state index in [9.17, 15) is 18.0 Å². The van der Waals surface area contributed by atoms with E-state index in [1.807, 2.05) is 41.3 Å². The summed E-state index contributed by atoms with van der Waals surface area (Å²) in [5.74, 6) is -1.67. The standard InChI is InChI=1S/C35H29F3N6O2/c36-26-6-3-22(4-7-26)29-17-24(23-5-8-28-30(18-23)42-43-34(28)44-13-11-35(37,38)12-14-44)15-25-16-27(46-33(25)29)20-41-32(45)10-2-21-1-9-31(39)40-19-21/h1-10,15-19H,11-14,20H2,(H2,39,40)(H,41,45)(H,42,43)/b10-2+. The highest BCUT2D eigenvalue weighted by Crippen LogP contribution is 2.38. The SMILES string of the molecule is Nc1ccc(/C=C/C(=O)NCc2cc3cc(-c4ccc5c(N6CCC(F)(F)CC6)n[nH]c5c4)cc(-c4ccc(F)cc4)c3o2)cn1. The van der Waals surface area contributed by atoms with Crippen molar-refractivity contribution in [1.29, 1.82) is 0 Å². The van der Waals surface area contributed by atoms with Gasteiger partial charge in [0.25, 0.3) is 5.92 Å². The summed E-state index contributed by atoms with van der Waals surface area (Å²) in [6.07, 6.45) is 4.24. The van der Waals surface area contributed by atoms with E-state index in [1.165, 1.54) is 18.2 Å². The Bertz CT molecular complexity index is 2070. The first-order chi connectivity index (χ1) is 22.2. The highest BCUT2D eigenvalue weighted by molar-refractivity contribution is 5.99. The molecule has 3 aromatic heterocycles. The van der Waals surface area contributed by atoms with Crippen molar-refractivity contribution >= 4 is 45.5 Å². The van der Waals surface area contributed by atoms with Crippen molar-refractivity contribution < 1.29 is 22.4 Å². The largest absolute Gasteiger partial charge is 0.459 e. The summed E-state index contributed by atoms with van der Waals surface area (Å²) in [4.78, 5) is 18.4. The number of furan rings is 1. The van der Waals surface area contributed by atoms with Crippen LogP contribution in [0.2, 0.25) is 0 Å². The lowest BCUT2D eigenvalue weighted by Crippen LogP contribution is -2.39. The fraction of sp³-hybridized carbons (Fsp3) is 0.171. The Kier molecular flexibility index (Phi) is 7.44. The first-order valence-corrected chi connectivity index (χ1v) is 14.8. The zero-order chi connectivity index (χ0) is 31.8. The molecule has 1 aliphatic heterocycles. The van der Waals surface area contributed by atoms with Crippen molar-refractivity contribution in [1.82, 2.24) is 20.5 Å². The minimum absolute atomic E-state index is 0.154. The number of nitrogens with zero attached hydrogens (tertiary/aromatic N) is 3. The zero-order valence-electron chi connectivity index (χ0n) is 24.6. The number of fused-ring (bicyclic) bond motifs is 2. The van der Waals surface area contributed by atoms with Crippen molar-refractivity contribution in [2.24, 2.45) is 0 Å². The first kappa shape index (κ1) is 29.1. The van der Waals surface area contributed by atoms with Gasteiger partial charge >= 0.3 is 0 Å². The molecule has 7 rings (SSSR count). The number of carbonyl (C=O) groups is 1.